The van der Waals surface area contributed by atoms with Gasteiger partial charge < -0.3 is 5.32 Å². The average Bonchev–Trinajstić information content (AvgIpc) is 2.57. The Morgan fingerprint density at radius 3 is 2.56 bits per heavy atom. The number of nitrogens with one attached hydrogen (secondary N) is 1. The van der Waals surface area contributed by atoms with Gasteiger partial charge in [0.25, 0.3) is 0 Å². The van der Waals surface area contributed by atoms with Crippen LogP contribution in [0.15, 0.2) is 47.4 Å². The first-order valence-corrected chi connectivity index (χ1v) is 9.14. The molecule has 0 radical (unpaired) electrons. The Morgan fingerprint density at radius 1 is 1.12 bits per heavy atom. The second kappa shape index (κ2) is 7.97. The second-order valence-corrected chi connectivity index (χ2v) is 7.79. The van der Waals surface area contributed by atoms with E-state index in [1.807, 2.05) is 0 Å². The first-order valence-electron chi connectivity index (χ1n) is 7.32. The summed E-state index contributed by atoms with van der Waals surface area (Å²) in [5.74, 6) is -2.27. The van der Waals surface area contributed by atoms with Crippen molar-refractivity contribution >= 4 is 34.0 Å². The van der Waals surface area contributed by atoms with E-state index >= 15 is 0 Å². The van der Waals surface area contributed by atoms with Gasteiger partial charge in [-0.15, -0.1) is 12.4 Å². The molecule has 2 aromatic carbocycles. The number of sulfonamides is 1. The van der Waals surface area contributed by atoms with Crippen LogP contribution in [0, 0.1) is 11.6 Å². The van der Waals surface area contributed by atoms with Crippen LogP contribution in [0.5, 0.6) is 0 Å². The van der Waals surface area contributed by atoms with Gasteiger partial charge in [0.2, 0.25) is 10.0 Å². The zero-order valence-electron chi connectivity index (χ0n) is 13.0. The third-order valence-corrected chi connectivity index (χ3v) is 6.06. The second-order valence-electron chi connectivity index (χ2n) is 5.47. The highest BCUT2D eigenvalue weighted by Gasteiger charge is 2.34. The van der Waals surface area contributed by atoms with Crippen LogP contribution in [-0.4, -0.2) is 32.4 Å². The number of hydrogen-bond donors (Lipinski definition) is 1. The smallest absolute Gasteiger partial charge is 0.243 e. The minimum Gasteiger partial charge on any atom is -0.313 e. The lowest BCUT2D eigenvalue weighted by molar-refractivity contribution is 0.271. The molecule has 3 rings (SSSR count). The summed E-state index contributed by atoms with van der Waals surface area (Å²) in [5.41, 5.74) is 0.737. The Hall–Kier alpha value is -1.25. The van der Waals surface area contributed by atoms with E-state index in [4.69, 9.17) is 11.6 Å². The number of nitrogens with zero attached hydrogens (tertiary/aromatic N) is 1. The number of halogens is 4. The summed E-state index contributed by atoms with van der Waals surface area (Å²) in [4.78, 5) is -0.268. The quantitative estimate of drug-likeness (QED) is 0.846. The van der Waals surface area contributed by atoms with E-state index < -0.39 is 27.7 Å². The summed E-state index contributed by atoms with van der Waals surface area (Å²) >= 11 is 6.00. The van der Waals surface area contributed by atoms with E-state index in [0.29, 0.717) is 24.2 Å². The third kappa shape index (κ3) is 4.12. The van der Waals surface area contributed by atoms with E-state index in [2.05, 4.69) is 5.32 Å². The lowest BCUT2D eigenvalue weighted by Crippen LogP contribution is -2.48. The molecule has 1 heterocycles. The zero-order chi connectivity index (χ0) is 17.3. The molecule has 1 N–H and O–H groups in total. The van der Waals surface area contributed by atoms with Crippen molar-refractivity contribution in [3.63, 3.8) is 0 Å². The van der Waals surface area contributed by atoms with Gasteiger partial charge in [0.1, 0.15) is 0 Å². The van der Waals surface area contributed by atoms with E-state index in [1.54, 1.807) is 24.3 Å². The molecule has 0 saturated carbocycles. The van der Waals surface area contributed by atoms with Crippen molar-refractivity contribution < 1.29 is 17.2 Å². The van der Waals surface area contributed by atoms with Crippen molar-refractivity contribution in [2.24, 2.45) is 0 Å². The number of rotatable bonds is 3. The highest BCUT2D eigenvalue weighted by atomic mass is 35.5. The van der Waals surface area contributed by atoms with E-state index in [1.165, 1.54) is 4.31 Å². The monoisotopic (exact) mass is 408 g/mol. The van der Waals surface area contributed by atoms with Crippen LogP contribution < -0.4 is 5.32 Å². The molecule has 0 aliphatic carbocycles. The van der Waals surface area contributed by atoms with Crippen molar-refractivity contribution in [1.82, 2.24) is 9.62 Å². The Kier molecular flexibility index (Phi) is 6.40. The van der Waals surface area contributed by atoms with Gasteiger partial charge in [-0.2, -0.15) is 4.31 Å². The molecule has 0 aromatic heterocycles. The van der Waals surface area contributed by atoms with Crippen LogP contribution in [-0.2, 0) is 10.0 Å². The average molecular weight is 409 g/mol. The molecule has 0 spiro atoms. The fraction of sp³-hybridized carbons (Fsp3) is 0.250. The highest BCUT2D eigenvalue weighted by molar-refractivity contribution is 7.89. The molecule has 1 fully saturated rings. The number of piperazine rings is 1. The first kappa shape index (κ1) is 20.1. The SMILES string of the molecule is Cl.O=S(=O)(c1ccc(F)c(F)c1)N1CCNCC1c1cccc(Cl)c1. The molecule has 4 nitrogen and oxygen atoms in total. The predicted octanol–water partition coefficient (Wildman–Crippen LogP) is 3.38. The molecule has 1 atom stereocenters. The van der Waals surface area contributed by atoms with Crippen LogP contribution in [0.3, 0.4) is 0 Å². The molecule has 1 saturated heterocycles. The number of hydrogen-bond acceptors (Lipinski definition) is 3. The fourth-order valence-corrected chi connectivity index (χ4v) is 4.57. The summed E-state index contributed by atoms with van der Waals surface area (Å²) in [7, 11) is -3.97. The van der Waals surface area contributed by atoms with Gasteiger partial charge in [-0.1, -0.05) is 23.7 Å². The van der Waals surface area contributed by atoms with Crippen molar-refractivity contribution in [3.8, 4) is 0 Å². The van der Waals surface area contributed by atoms with Gasteiger partial charge in [-0.25, -0.2) is 17.2 Å². The molecule has 9 heteroatoms. The molecular formula is C16H16Cl2F2N2O2S. The topological polar surface area (TPSA) is 49.4 Å². The lowest BCUT2D eigenvalue weighted by atomic mass is 10.1. The Balaban J connectivity index is 0.00000225. The molecular weight excluding hydrogens is 393 g/mol. The van der Waals surface area contributed by atoms with Crippen LogP contribution in [0.25, 0.3) is 0 Å². The minimum atomic E-state index is -3.97. The van der Waals surface area contributed by atoms with Crippen molar-refractivity contribution in [2.45, 2.75) is 10.9 Å². The summed E-state index contributed by atoms with van der Waals surface area (Å²) < 4.78 is 53.7. The summed E-state index contributed by atoms with van der Waals surface area (Å²) in [6.45, 7) is 1.10. The molecule has 1 aliphatic heterocycles. The van der Waals surface area contributed by atoms with Gasteiger partial charge in [-0.3, -0.25) is 0 Å². The van der Waals surface area contributed by atoms with Crippen molar-refractivity contribution in [3.05, 3.63) is 64.7 Å². The van der Waals surface area contributed by atoms with E-state index in [9.17, 15) is 17.2 Å². The van der Waals surface area contributed by atoms with Gasteiger partial charge in [0.05, 0.1) is 10.9 Å². The molecule has 2 aromatic rings. The molecule has 0 amide bonds. The van der Waals surface area contributed by atoms with E-state index in [0.717, 1.165) is 17.7 Å². The Bertz CT molecular complexity index is 865. The molecule has 25 heavy (non-hydrogen) atoms. The van der Waals surface area contributed by atoms with Crippen LogP contribution in [0.1, 0.15) is 11.6 Å². The van der Waals surface area contributed by atoms with Gasteiger partial charge >= 0.3 is 0 Å². The number of benzene rings is 2. The normalized spacial score (nSPS) is 18.6. The summed E-state index contributed by atoms with van der Waals surface area (Å²) in [5, 5.41) is 3.65. The van der Waals surface area contributed by atoms with Gasteiger partial charge in [0.15, 0.2) is 11.6 Å². The van der Waals surface area contributed by atoms with Gasteiger partial charge in [0, 0.05) is 24.7 Å². The molecule has 1 aliphatic rings. The Labute approximate surface area is 156 Å². The van der Waals surface area contributed by atoms with E-state index in [-0.39, 0.29) is 23.8 Å². The van der Waals surface area contributed by atoms with Crippen LogP contribution in [0.4, 0.5) is 8.78 Å². The standard InChI is InChI=1S/C16H15ClF2N2O2S.ClH/c17-12-3-1-2-11(8-12)16-10-20-6-7-21(16)24(22,23)13-4-5-14(18)15(19)9-13;/h1-5,8-9,16,20H,6-7,10H2;1H. The predicted molar refractivity (Wildman–Crippen MR) is 94.6 cm³/mol. The highest BCUT2D eigenvalue weighted by Crippen LogP contribution is 2.30. The zero-order valence-corrected chi connectivity index (χ0v) is 15.3. The largest absolute Gasteiger partial charge is 0.313 e. The van der Waals surface area contributed by atoms with Crippen LogP contribution in [0.2, 0.25) is 5.02 Å². The fourth-order valence-electron chi connectivity index (χ4n) is 2.74. The maximum Gasteiger partial charge on any atom is 0.243 e. The maximum absolute atomic E-state index is 13.5. The third-order valence-electron chi connectivity index (χ3n) is 3.93. The lowest BCUT2D eigenvalue weighted by Gasteiger charge is -2.35. The molecule has 0 bridgehead atoms. The first-order chi connectivity index (χ1) is 11.4. The minimum absolute atomic E-state index is 0. The summed E-state index contributed by atoms with van der Waals surface area (Å²) in [6.07, 6.45) is 0. The van der Waals surface area contributed by atoms with Crippen molar-refractivity contribution in [2.75, 3.05) is 19.6 Å². The Morgan fingerprint density at radius 2 is 1.88 bits per heavy atom. The summed E-state index contributed by atoms with van der Waals surface area (Å²) in [6, 6.07) is 9.07. The maximum atomic E-state index is 13.5. The molecule has 1 unspecified atom stereocenters. The van der Waals surface area contributed by atoms with Crippen LogP contribution >= 0.6 is 24.0 Å². The van der Waals surface area contributed by atoms with Gasteiger partial charge in [-0.05, 0) is 35.9 Å². The molecule has 136 valence electrons. The van der Waals surface area contributed by atoms with Crippen molar-refractivity contribution in [1.29, 1.82) is 0 Å².